The van der Waals surface area contributed by atoms with E-state index in [1.807, 2.05) is 18.2 Å². The average molecular weight is 293 g/mol. The van der Waals surface area contributed by atoms with E-state index in [4.69, 9.17) is 0 Å². The van der Waals surface area contributed by atoms with Crippen LogP contribution in [0.4, 0.5) is 10.5 Å². The van der Waals surface area contributed by atoms with Crippen molar-refractivity contribution in [2.75, 3.05) is 11.4 Å². The molecule has 2 aromatic carbocycles. The zero-order chi connectivity index (χ0) is 15.3. The predicted octanol–water partition coefficient (Wildman–Crippen LogP) is 1.74. The zero-order valence-corrected chi connectivity index (χ0v) is 11.4. The number of nitrogens with one attached hydrogen (secondary N) is 2. The number of hydrogen-bond acceptors (Lipinski definition) is 3. The highest BCUT2D eigenvalue weighted by molar-refractivity contribution is 6.20. The molecular formula is C16H11N3O3. The molecule has 108 valence electrons. The Balaban J connectivity index is 1.98. The number of urea groups is 1. The number of H-pyrrole nitrogens is 1. The Morgan fingerprint density at radius 3 is 2.45 bits per heavy atom. The summed E-state index contributed by atoms with van der Waals surface area (Å²) in [6.07, 6.45) is 0. The summed E-state index contributed by atoms with van der Waals surface area (Å²) in [5.74, 6) is -0.313. The second kappa shape index (κ2) is 4.42. The lowest BCUT2D eigenvalue weighted by molar-refractivity contribution is -0.115. The molecule has 6 heteroatoms. The molecule has 2 heterocycles. The third-order valence-electron chi connectivity index (χ3n) is 3.79. The van der Waals surface area contributed by atoms with Gasteiger partial charge in [-0.3, -0.25) is 9.59 Å². The fourth-order valence-corrected chi connectivity index (χ4v) is 2.74. The van der Waals surface area contributed by atoms with Crippen molar-refractivity contribution >= 4 is 39.4 Å². The molecule has 1 fully saturated rings. The summed E-state index contributed by atoms with van der Waals surface area (Å²) in [5.41, 5.74) is 1.68. The number of imide groups is 1. The van der Waals surface area contributed by atoms with E-state index in [9.17, 15) is 14.4 Å². The van der Waals surface area contributed by atoms with Gasteiger partial charge < -0.3 is 10.3 Å². The smallest absolute Gasteiger partial charge is 0.329 e. The van der Waals surface area contributed by atoms with Crippen molar-refractivity contribution < 1.29 is 9.59 Å². The summed E-state index contributed by atoms with van der Waals surface area (Å²) < 4.78 is 0. The highest BCUT2D eigenvalue weighted by Gasteiger charge is 2.30. The lowest BCUT2D eigenvalue weighted by Gasteiger charge is -2.13. The molecule has 0 bridgehead atoms. The molecule has 6 nitrogen and oxygen atoms in total. The van der Waals surface area contributed by atoms with Crippen LogP contribution in [0.3, 0.4) is 0 Å². The third kappa shape index (κ3) is 1.70. The monoisotopic (exact) mass is 293 g/mol. The first-order valence-corrected chi connectivity index (χ1v) is 6.81. The van der Waals surface area contributed by atoms with Crippen molar-refractivity contribution in [3.05, 3.63) is 52.7 Å². The van der Waals surface area contributed by atoms with Crippen LogP contribution in [-0.2, 0) is 4.79 Å². The molecule has 0 spiro atoms. The number of anilines is 1. The van der Waals surface area contributed by atoms with Crippen LogP contribution in [0.2, 0.25) is 0 Å². The van der Waals surface area contributed by atoms with Crippen LogP contribution in [0.1, 0.15) is 0 Å². The Hall–Kier alpha value is -3.15. The first-order valence-electron chi connectivity index (χ1n) is 6.81. The van der Waals surface area contributed by atoms with Gasteiger partial charge in [0.1, 0.15) is 0 Å². The minimum atomic E-state index is -0.451. The molecule has 22 heavy (non-hydrogen) atoms. The summed E-state index contributed by atoms with van der Waals surface area (Å²) >= 11 is 0. The quantitative estimate of drug-likeness (QED) is 0.529. The summed E-state index contributed by atoms with van der Waals surface area (Å²) in [7, 11) is 0. The standard InChI is InChI=1S/C16H11N3O3/c20-14-8-17-16(22)19(14)9-5-6-11-13(7-9)18-12-4-2-1-3-10(12)15(11)21/h1-7H,8H2,(H,17,22)(H,18,21). The van der Waals surface area contributed by atoms with Crippen molar-refractivity contribution in [2.45, 2.75) is 0 Å². The lowest BCUT2D eigenvalue weighted by Crippen LogP contribution is -2.30. The minimum absolute atomic E-state index is 0.00882. The second-order valence-electron chi connectivity index (χ2n) is 5.12. The maximum atomic E-state index is 12.5. The van der Waals surface area contributed by atoms with E-state index < -0.39 is 6.03 Å². The Kier molecular flexibility index (Phi) is 2.53. The van der Waals surface area contributed by atoms with Crippen LogP contribution in [0.15, 0.2) is 47.3 Å². The van der Waals surface area contributed by atoms with Crippen LogP contribution in [0.25, 0.3) is 21.8 Å². The number of aromatic nitrogens is 1. The number of carbonyl (C=O) groups is 2. The summed E-state index contributed by atoms with van der Waals surface area (Å²) in [6.45, 7) is -0.00882. The van der Waals surface area contributed by atoms with Gasteiger partial charge in [0.05, 0.1) is 17.7 Å². The fourth-order valence-electron chi connectivity index (χ4n) is 2.74. The van der Waals surface area contributed by atoms with Gasteiger partial charge in [-0.1, -0.05) is 12.1 Å². The summed E-state index contributed by atoms with van der Waals surface area (Å²) in [4.78, 5) is 40.2. The van der Waals surface area contributed by atoms with Crippen molar-refractivity contribution in [3.8, 4) is 0 Å². The van der Waals surface area contributed by atoms with Gasteiger partial charge in [-0.05, 0) is 30.3 Å². The number of hydrogen-bond donors (Lipinski definition) is 2. The van der Waals surface area contributed by atoms with Crippen LogP contribution in [0, 0.1) is 0 Å². The van der Waals surface area contributed by atoms with Gasteiger partial charge in [0.2, 0.25) is 0 Å². The fraction of sp³-hybridized carbons (Fsp3) is 0.0625. The molecule has 1 saturated heterocycles. The molecule has 0 radical (unpaired) electrons. The van der Waals surface area contributed by atoms with Gasteiger partial charge >= 0.3 is 6.03 Å². The largest absolute Gasteiger partial charge is 0.354 e. The molecule has 3 amide bonds. The van der Waals surface area contributed by atoms with Crippen molar-refractivity contribution in [1.29, 1.82) is 0 Å². The maximum absolute atomic E-state index is 12.5. The Morgan fingerprint density at radius 1 is 0.909 bits per heavy atom. The molecule has 1 aliphatic rings. The van der Waals surface area contributed by atoms with Crippen molar-refractivity contribution in [2.24, 2.45) is 0 Å². The van der Waals surface area contributed by atoms with Gasteiger partial charge in [-0.15, -0.1) is 0 Å². The molecule has 0 unspecified atom stereocenters. The topological polar surface area (TPSA) is 82.3 Å². The van der Waals surface area contributed by atoms with Crippen molar-refractivity contribution in [1.82, 2.24) is 10.3 Å². The maximum Gasteiger partial charge on any atom is 0.329 e. The summed E-state index contributed by atoms with van der Waals surface area (Å²) in [5, 5.41) is 3.60. The van der Waals surface area contributed by atoms with Gasteiger partial charge in [0.25, 0.3) is 5.91 Å². The number of fused-ring (bicyclic) bond motifs is 2. The molecule has 3 aromatic rings. The number of amides is 3. The molecule has 1 aromatic heterocycles. The van der Waals surface area contributed by atoms with Gasteiger partial charge in [0, 0.05) is 16.3 Å². The molecule has 2 N–H and O–H groups in total. The van der Waals surface area contributed by atoms with Crippen LogP contribution >= 0.6 is 0 Å². The SMILES string of the molecule is O=C1CNC(=O)N1c1ccc2c(=O)c3ccccc3[nH]c2c1. The number of pyridine rings is 1. The molecule has 0 aliphatic carbocycles. The highest BCUT2D eigenvalue weighted by atomic mass is 16.2. The third-order valence-corrected chi connectivity index (χ3v) is 3.79. The van der Waals surface area contributed by atoms with Crippen molar-refractivity contribution in [3.63, 3.8) is 0 Å². The van der Waals surface area contributed by atoms with E-state index >= 15 is 0 Å². The van der Waals surface area contributed by atoms with Gasteiger partial charge in [-0.2, -0.15) is 0 Å². The Bertz CT molecular complexity index is 990. The van der Waals surface area contributed by atoms with E-state index in [0.717, 1.165) is 4.90 Å². The highest BCUT2D eigenvalue weighted by Crippen LogP contribution is 2.23. The molecular weight excluding hydrogens is 282 g/mol. The Labute approximate surface area is 124 Å². The molecule has 4 rings (SSSR count). The zero-order valence-electron chi connectivity index (χ0n) is 11.4. The summed E-state index contributed by atoms with van der Waals surface area (Å²) in [6, 6.07) is 11.7. The Morgan fingerprint density at radius 2 is 1.68 bits per heavy atom. The number of benzene rings is 2. The van der Waals surface area contributed by atoms with E-state index in [1.54, 1.807) is 24.3 Å². The molecule has 1 aliphatic heterocycles. The average Bonchev–Trinajstić information content (AvgIpc) is 2.86. The van der Waals surface area contributed by atoms with Crippen LogP contribution < -0.4 is 15.6 Å². The predicted molar refractivity (Wildman–Crippen MR) is 83.0 cm³/mol. The second-order valence-corrected chi connectivity index (χ2v) is 5.12. The number of aromatic amines is 1. The molecule has 0 saturated carbocycles. The number of nitrogens with zero attached hydrogens (tertiary/aromatic N) is 1. The van der Waals surface area contributed by atoms with Crippen LogP contribution in [-0.4, -0.2) is 23.5 Å². The van der Waals surface area contributed by atoms with E-state index in [0.29, 0.717) is 27.5 Å². The minimum Gasteiger partial charge on any atom is -0.354 e. The van der Waals surface area contributed by atoms with E-state index in [1.165, 1.54) is 0 Å². The first-order chi connectivity index (χ1) is 10.6. The number of carbonyl (C=O) groups excluding carboxylic acids is 2. The molecule has 0 atom stereocenters. The van der Waals surface area contributed by atoms with E-state index in [-0.39, 0.29) is 17.9 Å². The number of para-hydroxylation sites is 1. The normalized spacial score (nSPS) is 14.8. The first kappa shape index (κ1) is 12.6. The van der Waals surface area contributed by atoms with E-state index in [2.05, 4.69) is 10.3 Å². The number of rotatable bonds is 1. The van der Waals surface area contributed by atoms with Gasteiger partial charge in [0.15, 0.2) is 5.43 Å². The van der Waals surface area contributed by atoms with Crippen LogP contribution in [0.5, 0.6) is 0 Å². The van der Waals surface area contributed by atoms with Gasteiger partial charge in [-0.25, -0.2) is 9.69 Å². The lowest BCUT2D eigenvalue weighted by atomic mass is 10.1.